The first-order valence-electron chi connectivity index (χ1n) is 5.13. The molecular weight excluding hydrogens is 234 g/mol. The van der Waals surface area contributed by atoms with Crippen LogP contribution >= 0.6 is 12.2 Å². The first kappa shape index (κ1) is 11.6. The summed E-state index contributed by atoms with van der Waals surface area (Å²) in [6.45, 7) is 1.92. The Balaban J connectivity index is 2.57. The van der Waals surface area contributed by atoms with E-state index >= 15 is 0 Å². The predicted octanol–water partition coefficient (Wildman–Crippen LogP) is 1.82. The summed E-state index contributed by atoms with van der Waals surface area (Å²) in [5, 5.41) is 4.28. The lowest BCUT2D eigenvalue weighted by molar-refractivity contribution is 0.411. The summed E-state index contributed by atoms with van der Waals surface area (Å²) in [6.07, 6.45) is 1.67. The third-order valence-electron chi connectivity index (χ3n) is 2.59. The number of rotatable bonds is 3. The lowest BCUT2D eigenvalue weighted by Crippen LogP contribution is -2.11. The highest BCUT2D eigenvalue weighted by molar-refractivity contribution is 7.80. The zero-order chi connectivity index (χ0) is 12.4. The zero-order valence-electron chi connectivity index (χ0n) is 9.68. The van der Waals surface area contributed by atoms with E-state index in [0.717, 1.165) is 22.7 Å². The quantitative estimate of drug-likeness (QED) is 0.841. The highest BCUT2D eigenvalue weighted by Crippen LogP contribution is 2.23. The molecule has 0 amide bonds. The number of thiocarbonyl (C=S) groups is 1. The molecule has 88 valence electrons. The maximum absolute atomic E-state index is 5.62. The summed E-state index contributed by atoms with van der Waals surface area (Å²) in [5.74, 6) is 0.758. The second-order valence-corrected chi connectivity index (χ2v) is 4.03. The van der Waals surface area contributed by atoms with E-state index in [-0.39, 0.29) is 0 Å². The Hall–Kier alpha value is -1.88. The van der Waals surface area contributed by atoms with Crippen LogP contribution in [0.25, 0.3) is 5.69 Å². The number of nitrogens with zero attached hydrogens (tertiary/aromatic N) is 2. The standard InChI is InChI=1S/C12H13N3OS/c1-8-9(12(13)17)7-14-15(8)10-5-3-4-6-11(10)16-2/h3-7H,1-2H3,(H2,13,17). The van der Waals surface area contributed by atoms with Crippen LogP contribution in [-0.2, 0) is 0 Å². The van der Waals surface area contributed by atoms with Crippen LogP contribution in [0.5, 0.6) is 5.75 Å². The normalized spacial score (nSPS) is 10.2. The molecule has 1 aromatic heterocycles. The Morgan fingerprint density at radius 2 is 2.12 bits per heavy atom. The maximum atomic E-state index is 5.62. The minimum absolute atomic E-state index is 0.351. The van der Waals surface area contributed by atoms with Crippen LogP contribution in [0.15, 0.2) is 30.5 Å². The van der Waals surface area contributed by atoms with Crippen molar-refractivity contribution in [1.29, 1.82) is 0 Å². The molecule has 2 N–H and O–H groups in total. The molecule has 1 heterocycles. The Labute approximate surface area is 105 Å². The van der Waals surface area contributed by atoms with E-state index in [1.807, 2.05) is 31.2 Å². The van der Waals surface area contributed by atoms with Gasteiger partial charge in [-0.3, -0.25) is 0 Å². The van der Waals surface area contributed by atoms with Gasteiger partial charge in [0.1, 0.15) is 16.4 Å². The van der Waals surface area contributed by atoms with Gasteiger partial charge in [-0.25, -0.2) is 4.68 Å². The average Bonchev–Trinajstić information content (AvgIpc) is 2.71. The third-order valence-corrected chi connectivity index (χ3v) is 2.81. The molecule has 0 bridgehead atoms. The number of ether oxygens (including phenoxy) is 1. The molecule has 17 heavy (non-hydrogen) atoms. The number of methoxy groups -OCH3 is 1. The number of nitrogens with two attached hydrogens (primary N) is 1. The van der Waals surface area contributed by atoms with Gasteiger partial charge in [0.15, 0.2) is 0 Å². The molecule has 2 rings (SSSR count). The van der Waals surface area contributed by atoms with E-state index in [2.05, 4.69) is 5.10 Å². The predicted molar refractivity (Wildman–Crippen MR) is 70.7 cm³/mol. The topological polar surface area (TPSA) is 53.1 Å². The van der Waals surface area contributed by atoms with Gasteiger partial charge in [-0.15, -0.1) is 0 Å². The number of benzene rings is 1. The molecule has 0 atom stereocenters. The Morgan fingerprint density at radius 1 is 1.41 bits per heavy atom. The van der Waals surface area contributed by atoms with Crippen molar-refractivity contribution in [3.05, 3.63) is 41.7 Å². The molecule has 0 saturated carbocycles. The van der Waals surface area contributed by atoms with Crippen molar-refractivity contribution in [2.45, 2.75) is 6.92 Å². The molecular formula is C12H13N3OS. The molecule has 2 aromatic rings. The van der Waals surface area contributed by atoms with Crippen LogP contribution in [-0.4, -0.2) is 21.9 Å². The van der Waals surface area contributed by atoms with Crippen LogP contribution < -0.4 is 10.5 Å². The largest absolute Gasteiger partial charge is 0.494 e. The zero-order valence-corrected chi connectivity index (χ0v) is 10.5. The fourth-order valence-corrected chi connectivity index (χ4v) is 1.90. The summed E-state index contributed by atoms with van der Waals surface area (Å²) in [5.41, 5.74) is 8.18. The smallest absolute Gasteiger partial charge is 0.144 e. The van der Waals surface area contributed by atoms with Crippen molar-refractivity contribution in [3.63, 3.8) is 0 Å². The van der Waals surface area contributed by atoms with Crippen molar-refractivity contribution < 1.29 is 4.74 Å². The van der Waals surface area contributed by atoms with Crippen molar-refractivity contribution in [2.24, 2.45) is 5.73 Å². The highest BCUT2D eigenvalue weighted by Gasteiger charge is 2.12. The summed E-state index contributed by atoms with van der Waals surface area (Å²) in [7, 11) is 1.63. The van der Waals surface area contributed by atoms with Crippen LogP contribution in [0.1, 0.15) is 11.3 Å². The number of hydrogen-bond acceptors (Lipinski definition) is 3. The molecule has 0 unspecified atom stereocenters. The average molecular weight is 247 g/mol. The number of hydrogen-bond donors (Lipinski definition) is 1. The van der Waals surface area contributed by atoms with Gasteiger partial charge >= 0.3 is 0 Å². The fraction of sp³-hybridized carbons (Fsp3) is 0.167. The summed E-state index contributed by atoms with van der Waals surface area (Å²) >= 11 is 4.97. The Morgan fingerprint density at radius 3 is 2.71 bits per heavy atom. The first-order chi connectivity index (χ1) is 8.15. The Bertz CT molecular complexity index is 563. The van der Waals surface area contributed by atoms with Crippen LogP contribution in [0.4, 0.5) is 0 Å². The lowest BCUT2D eigenvalue weighted by atomic mass is 10.2. The van der Waals surface area contributed by atoms with Gasteiger partial charge in [-0.2, -0.15) is 5.10 Å². The highest BCUT2D eigenvalue weighted by atomic mass is 32.1. The summed E-state index contributed by atoms with van der Waals surface area (Å²) in [6, 6.07) is 7.66. The molecule has 0 radical (unpaired) electrons. The summed E-state index contributed by atoms with van der Waals surface area (Å²) in [4.78, 5) is 0.351. The minimum atomic E-state index is 0.351. The fourth-order valence-electron chi connectivity index (χ4n) is 1.70. The molecule has 0 aliphatic heterocycles. The van der Waals surface area contributed by atoms with E-state index in [1.54, 1.807) is 18.0 Å². The second-order valence-electron chi connectivity index (χ2n) is 3.59. The third kappa shape index (κ3) is 2.01. The van der Waals surface area contributed by atoms with E-state index in [1.165, 1.54) is 0 Å². The molecule has 0 aliphatic carbocycles. The maximum Gasteiger partial charge on any atom is 0.144 e. The molecule has 0 saturated heterocycles. The van der Waals surface area contributed by atoms with Gasteiger partial charge in [0, 0.05) is 0 Å². The van der Waals surface area contributed by atoms with E-state index < -0.39 is 0 Å². The van der Waals surface area contributed by atoms with Crippen molar-refractivity contribution in [3.8, 4) is 11.4 Å². The lowest BCUT2D eigenvalue weighted by Gasteiger charge is -2.09. The Kier molecular flexibility index (Phi) is 3.10. The van der Waals surface area contributed by atoms with Gasteiger partial charge in [-0.1, -0.05) is 24.4 Å². The van der Waals surface area contributed by atoms with E-state index in [9.17, 15) is 0 Å². The van der Waals surface area contributed by atoms with Crippen molar-refractivity contribution in [1.82, 2.24) is 9.78 Å². The number of para-hydroxylation sites is 2. The molecule has 0 aliphatic rings. The van der Waals surface area contributed by atoms with Crippen molar-refractivity contribution >= 4 is 17.2 Å². The van der Waals surface area contributed by atoms with Gasteiger partial charge in [0.25, 0.3) is 0 Å². The van der Waals surface area contributed by atoms with Gasteiger partial charge in [0.05, 0.1) is 24.6 Å². The van der Waals surface area contributed by atoms with Gasteiger partial charge < -0.3 is 10.5 Å². The van der Waals surface area contributed by atoms with Crippen LogP contribution in [0, 0.1) is 6.92 Å². The molecule has 0 fully saturated rings. The first-order valence-corrected chi connectivity index (χ1v) is 5.53. The molecule has 5 heteroatoms. The SMILES string of the molecule is COc1ccccc1-n1ncc(C(N)=S)c1C. The van der Waals surface area contributed by atoms with E-state index in [0.29, 0.717) is 4.99 Å². The van der Waals surface area contributed by atoms with Crippen LogP contribution in [0.2, 0.25) is 0 Å². The van der Waals surface area contributed by atoms with Gasteiger partial charge in [-0.05, 0) is 19.1 Å². The van der Waals surface area contributed by atoms with Crippen molar-refractivity contribution in [2.75, 3.05) is 7.11 Å². The number of aromatic nitrogens is 2. The summed E-state index contributed by atoms with van der Waals surface area (Å²) < 4.78 is 7.07. The van der Waals surface area contributed by atoms with Crippen LogP contribution in [0.3, 0.4) is 0 Å². The second kappa shape index (κ2) is 4.55. The minimum Gasteiger partial charge on any atom is -0.494 e. The monoisotopic (exact) mass is 247 g/mol. The van der Waals surface area contributed by atoms with E-state index in [4.69, 9.17) is 22.7 Å². The van der Waals surface area contributed by atoms with Gasteiger partial charge in [0.2, 0.25) is 0 Å². The molecule has 1 aromatic carbocycles. The molecule has 0 spiro atoms. The molecule has 4 nitrogen and oxygen atoms in total.